The minimum absolute atomic E-state index is 1.13. The Morgan fingerprint density at radius 3 is 1.67 bits per heavy atom. The van der Waals surface area contributed by atoms with E-state index in [2.05, 4.69) is 0 Å². The lowest BCUT2D eigenvalue weighted by atomic mass is 9.99. The summed E-state index contributed by atoms with van der Waals surface area (Å²) in [5.41, 5.74) is 0. The van der Waals surface area contributed by atoms with Crippen LogP contribution < -0.4 is 0 Å². The van der Waals surface area contributed by atoms with E-state index in [1.165, 1.54) is 25.7 Å². The maximum absolute atomic E-state index is 1.55. The van der Waals surface area contributed by atoms with Gasteiger partial charge in [-0.2, -0.15) is 0 Å². The van der Waals surface area contributed by atoms with Crippen molar-refractivity contribution in [2.24, 2.45) is 11.8 Å². The maximum Gasteiger partial charge on any atom is -0.0414 e. The largest absolute Gasteiger partial charge is 0.0530 e. The van der Waals surface area contributed by atoms with Crippen molar-refractivity contribution in [2.45, 2.75) is 64.2 Å². The van der Waals surface area contributed by atoms with Crippen molar-refractivity contribution in [1.29, 1.82) is 0 Å². The van der Waals surface area contributed by atoms with Gasteiger partial charge in [0.25, 0.3) is 0 Å². The van der Waals surface area contributed by atoms with E-state index in [4.69, 9.17) is 0 Å². The highest BCUT2D eigenvalue weighted by Crippen LogP contribution is 2.35. The fraction of sp³-hybridized carbons (Fsp3) is 1.00. The molecule has 2 saturated carbocycles. The van der Waals surface area contributed by atoms with E-state index >= 15 is 0 Å². The van der Waals surface area contributed by atoms with Gasteiger partial charge in [-0.3, -0.25) is 0 Å². The van der Waals surface area contributed by atoms with Gasteiger partial charge in [-0.1, -0.05) is 64.2 Å². The summed E-state index contributed by atoms with van der Waals surface area (Å²) in [4.78, 5) is 0. The first kappa shape index (κ1) is 8.59. The minimum atomic E-state index is 1.13. The van der Waals surface area contributed by atoms with Gasteiger partial charge in [-0.05, 0) is 11.8 Å². The van der Waals surface area contributed by atoms with Crippen LogP contribution in [-0.2, 0) is 0 Å². The molecule has 2 fully saturated rings. The molecule has 0 heteroatoms. The van der Waals surface area contributed by atoms with Crippen molar-refractivity contribution in [2.75, 3.05) is 0 Å². The monoisotopic (exact) mass is 166 g/mol. The molecular weight excluding hydrogens is 144 g/mol. The van der Waals surface area contributed by atoms with Gasteiger partial charge in [0.2, 0.25) is 0 Å². The zero-order chi connectivity index (χ0) is 8.23. The second-order valence-electron chi connectivity index (χ2n) is 4.88. The Morgan fingerprint density at radius 1 is 0.667 bits per heavy atom. The molecule has 70 valence electrons. The van der Waals surface area contributed by atoms with E-state index in [-0.39, 0.29) is 0 Å². The Labute approximate surface area is 76.7 Å². The number of hydrogen-bond acceptors (Lipinski definition) is 0. The van der Waals surface area contributed by atoms with Crippen molar-refractivity contribution in [3.05, 3.63) is 0 Å². The zero-order valence-electron chi connectivity index (χ0n) is 8.23. The van der Waals surface area contributed by atoms with Crippen molar-refractivity contribution in [1.82, 2.24) is 0 Å². The average Bonchev–Trinajstić information content (AvgIpc) is 2.76. The number of unbranched alkanes of at least 4 members (excludes halogenated alkanes) is 1. The van der Waals surface area contributed by atoms with E-state index in [0.29, 0.717) is 0 Å². The SMILES string of the molecule is C1CCC(CCCCC2CC2)C1. The predicted molar refractivity (Wildman–Crippen MR) is 53.2 cm³/mol. The first-order valence-electron chi connectivity index (χ1n) is 5.95. The maximum atomic E-state index is 1.55. The summed E-state index contributed by atoms with van der Waals surface area (Å²) in [6.45, 7) is 0. The van der Waals surface area contributed by atoms with Crippen LogP contribution in [0.1, 0.15) is 64.2 Å². The summed E-state index contributed by atoms with van der Waals surface area (Å²) in [6, 6.07) is 0. The molecular formula is C12H22. The summed E-state index contributed by atoms with van der Waals surface area (Å²) in [6.07, 6.45) is 15.4. The van der Waals surface area contributed by atoms with Crippen molar-refractivity contribution < 1.29 is 0 Å². The fourth-order valence-corrected chi connectivity index (χ4v) is 2.57. The number of rotatable bonds is 5. The summed E-state index contributed by atoms with van der Waals surface area (Å²) in [5, 5.41) is 0. The van der Waals surface area contributed by atoms with Gasteiger partial charge in [0.15, 0.2) is 0 Å². The second kappa shape index (κ2) is 4.30. The van der Waals surface area contributed by atoms with Gasteiger partial charge in [0.1, 0.15) is 0 Å². The van der Waals surface area contributed by atoms with E-state index in [1.54, 1.807) is 38.5 Å². The van der Waals surface area contributed by atoms with E-state index < -0.39 is 0 Å². The Morgan fingerprint density at radius 2 is 1.17 bits per heavy atom. The number of hydrogen-bond donors (Lipinski definition) is 0. The van der Waals surface area contributed by atoms with Gasteiger partial charge >= 0.3 is 0 Å². The molecule has 0 spiro atoms. The van der Waals surface area contributed by atoms with Gasteiger partial charge in [-0.25, -0.2) is 0 Å². The third-order valence-electron chi connectivity index (χ3n) is 3.65. The van der Waals surface area contributed by atoms with E-state index in [1.807, 2.05) is 0 Å². The highest BCUT2D eigenvalue weighted by Gasteiger charge is 2.20. The molecule has 0 aliphatic heterocycles. The lowest BCUT2D eigenvalue weighted by Crippen LogP contribution is -1.92. The van der Waals surface area contributed by atoms with Crippen LogP contribution in [0.25, 0.3) is 0 Å². The quantitative estimate of drug-likeness (QED) is 0.538. The minimum Gasteiger partial charge on any atom is -0.0530 e. The Bertz CT molecular complexity index is 118. The molecule has 2 rings (SSSR count). The van der Waals surface area contributed by atoms with Crippen LogP contribution in [0.5, 0.6) is 0 Å². The van der Waals surface area contributed by atoms with Crippen molar-refractivity contribution in [3.63, 3.8) is 0 Å². The standard InChI is InChI=1S/C12H22/c1-2-6-11(5-1)7-3-4-8-12-9-10-12/h11-12H,1-10H2. The lowest BCUT2D eigenvalue weighted by molar-refractivity contribution is 0.462. The van der Waals surface area contributed by atoms with Crippen LogP contribution in [-0.4, -0.2) is 0 Å². The molecule has 12 heavy (non-hydrogen) atoms. The molecule has 0 amide bonds. The van der Waals surface area contributed by atoms with Gasteiger partial charge in [-0.15, -0.1) is 0 Å². The normalized spacial score (nSPS) is 25.0. The molecule has 0 aromatic carbocycles. The molecule has 0 bridgehead atoms. The first-order chi connectivity index (χ1) is 5.95. The van der Waals surface area contributed by atoms with Crippen LogP contribution in [0, 0.1) is 11.8 Å². The molecule has 2 aliphatic rings. The van der Waals surface area contributed by atoms with Crippen LogP contribution in [0.15, 0.2) is 0 Å². The topological polar surface area (TPSA) is 0 Å². The molecule has 0 nitrogen and oxygen atoms in total. The molecule has 2 aliphatic carbocycles. The fourth-order valence-electron chi connectivity index (χ4n) is 2.57. The van der Waals surface area contributed by atoms with Crippen molar-refractivity contribution >= 4 is 0 Å². The van der Waals surface area contributed by atoms with Crippen LogP contribution in [0.3, 0.4) is 0 Å². The van der Waals surface area contributed by atoms with Crippen LogP contribution in [0.2, 0.25) is 0 Å². The zero-order valence-corrected chi connectivity index (χ0v) is 8.23. The molecule has 0 heterocycles. The molecule has 0 saturated heterocycles. The Hall–Kier alpha value is 0. The smallest absolute Gasteiger partial charge is 0.0414 e. The van der Waals surface area contributed by atoms with Crippen LogP contribution in [0.4, 0.5) is 0 Å². The molecule has 0 N–H and O–H groups in total. The Balaban J connectivity index is 1.44. The lowest BCUT2D eigenvalue weighted by Gasteiger charge is -2.07. The molecule has 0 radical (unpaired) electrons. The van der Waals surface area contributed by atoms with E-state index in [9.17, 15) is 0 Å². The van der Waals surface area contributed by atoms with Gasteiger partial charge in [0, 0.05) is 0 Å². The molecule has 0 aromatic rings. The second-order valence-corrected chi connectivity index (χ2v) is 4.88. The Kier molecular flexibility index (Phi) is 3.08. The summed E-state index contributed by atoms with van der Waals surface area (Å²) in [7, 11) is 0. The summed E-state index contributed by atoms with van der Waals surface area (Å²) in [5.74, 6) is 2.29. The molecule has 0 unspecified atom stereocenters. The molecule has 0 atom stereocenters. The summed E-state index contributed by atoms with van der Waals surface area (Å²) < 4.78 is 0. The highest BCUT2D eigenvalue weighted by atomic mass is 14.3. The van der Waals surface area contributed by atoms with Gasteiger partial charge < -0.3 is 0 Å². The van der Waals surface area contributed by atoms with Crippen molar-refractivity contribution in [3.8, 4) is 0 Å². The third-order valence-corrected chi connectivity index (χ3v) is 3.65. The van der Waals surface area contributed by atoms with Gasteiger partial charge in [0.05, 0.1) is 0 Å². The van der Waals surface area contributed by atoms with Crippen LogP contribution >= 0.6 is 0 Å². The third kappa shape index (κ3) is 2.80. The molecule has 0 aromatic heterocycles. The average molecular weight is 166 g/mol. The summed E-state index contributed by atoms with van der Waals surface area (Å²) >= 11 is 0. The predicted octanol–water partition coefficient (Wildman–Crippen LogP) is 4.15. The highest BCUT2D eigenvalue weighted by molar-refractivity contribution is 4.73. The van der Waals surface area contributed by atoms with E-state index in [0.717, 1.165) is 11.8 Å². The first-order valence-corrected chi connectivity index (χ1v) is 5.95.